The summed E-state index contributed by atoms with van der Waals surface area (Å²) in [5, 5.41) is 9.01. The van der Waals surface area contributed by atoms with Gasteiger partial charge < -0.3 is 10.6 Å². The van der Waals surface area contributed by atoms with E-state index in [1.165, 1.54) is 11.8 Å². The highest BCUT2D eigenvalue weighted by Gasteiger charge is 2.22. The summed E-state index contributed by atoms with van der Waals surface area (Å²) in [7, 11) is 1.73. The number of benzene rings is 1. The van der Waals surface area contributed by atoms with Crippen molar-refractivity contribution in [2.75, 3.05) is 23.7 Å². The summed E-state index contributed by atoms with van der Waals surface area (Å²) in [4.78, 5) is 20.6. The zero-order valence-electron chi connectivity index (χ0n) is 14.4. The summed E-state index contributed by atoms with van der Waals surface area (Å²) < 4.78 is 1.57. The van der Waals surface area contributed by atoms with Crippen molar-refractivity contribution in [2.45, 2.75) is 29.6 Å². The van der Waals surface area contributed by atoms with Gasteiger partial charge in [-0.2, -0.15) is 10.2 Å². The Morgan fingerprint density at radius 1 is 1.36 bits per heavy atom. The molecule has 0 radical (unpaired) electrons. The van der Waals surface area contributed by atoms with Crippen LogP contribution in [0.5, 0.6) is 0 Å². The van der Waals surface area contributed by atoms with Gasteiger partial charge in [-0.1, -0.05) is 24.8 Å². The third-order valence-electron chi connectivity index (χ3n) is 4.50. The second-order valence-electron chi connectivity index (χ2n) is 6.40. The normalized spacial score (nSPS) is 15.2. The van der Waals surface area contributed by atoms with E-state index >= 15 is 0 Å². The van der Waals surface area contributed by atoms with Gasteiger partial charge in [0.2, 0.25) is 5.95 Å². The number of hydrogen-bond donors (Lipinski definition) is 1. The molecular formula is C18H21N5OS. The molecule has 0 spiro atoms. The molecule has 1 aromatic heterocycles. The van der Waals surface area contributed by atoms with Gasteiger partial charge in [0, 0.05) is 25.0 Å². The number of nitrogens with two attached hydrogens (primary N) is 1. The molecule has 6 nitrogen and oxygen atoms in total. The summed E-state index contributed by atoms with van der Waals surface area (Å²) in [6.07, 6.45) is 2.18. The lowest BCUT2D eigenvalue weighted by atomic mass is 10.00. The number of nitriles is 1. The van der Waals surface area contributed by atoms with Crippen molar-refractivity contribution in [2.24, 2.45) is 13.0 Å². The predicted octanol–water partition coefficient (Wildman–Crippen LogP) is 2.62. The van der Waals surface area contributed by atoms with Crippen LogP contribution in [0.3, 0.4) is 0 Å². The number of nitrogens with zero attached hydrogens (tertiary/aromatic N) is 4. The highest BCUT2D eigenvalue weighted by Crippen LogP contribution is 2.30. The third-order valence-corrected chi connectivity index (χ3v) is 5.58. The van der Waals surface area contributed by atoms with Gasteiger partial charge in [0.15, 0.2) is 0 Å². The van der Waals surface area contributed by atoms with Crippen LogP contribution < -0.4 is 16.2 Å². The lowest BCUT2D eigenvalue weighted by Crippen LogP contribution is -2.38. The minimum atomic E-state index is -0.159. The topological polar surface area (TPSA) is 87.9 Å². The molecule has 0 unspecified atom stereocenters. The summed E-state index contributed by atoms with van der Waals surface area (Å²) >= 11 is 1.25. The Bertz CT molecular complexity index is 878. The van der Waals surface area contributed by atoms with Crippen LogP contribution in [-0.4, -0.2) is 22.6 Å². The maximum atomic E-state index is 12.8. The monoisotopic (exact) mass is 355 g/mol. The van der Waals surface area contributed by atoms with Gasteiger partial charge in [-0.3, -0.25) is 9.36 Å². The number of aromatic nitrogens is 2. The van der Waals surface area contributed by atoms with Crippen molar-refractivity contribution in [1.29, 1.82) is 5.26 Å². The van der Waals surface area contributed by atoms with Crippen molar-refractivity contribution in [3.63, 3.8) is 0 Å². The molecule has 0 aliphatic carbocycles. The quantitative estimate of drug-likeness (QED) is 0.910. The van der Waals surface area contributed by atoms with Crippen molar-refractivity contribution in [3.05, 3.63) is 40.2 Å². The van der Waals surface area contributed by atoms with E-state index in [9.17, 15) is 4.79 Å². The molecule has 0 atom stereocenters. The van der Waals surface area contributed by atoms with Crippen molar-refractivity contribution in [1.82, 2.24) is 9.55 Å². The first-order valence-electron chi connectivity index (χ1n) is 8.29. The first-order valence-corrected chi connectivity index (χ1v) is 9.10. The van der Waals surface area contributed by atoms with Gasteiger partial charge in [0.25, 0.3) is 5.56 Å². The van der Waals surface area contributed by atoms with E-state index in [1.54, 1.807) is 29.8 Å². The molecule has 1 saturated heterocycles. The molecule has 130 valence electrons. The van der Waals surface area contributed by atoms with Gasteiger partial charge in [0.1, 0.15) is 10.7 Å². The molecule has 2 N–H and O–H groups in total. The van der Waals surface area contributed by atoms with Gasteiger partial charge >= 0.3 is 0 Å². The molecule has 1 aromatic carbocycles. The van der Waals surface area contributed by atoms with Gasteiger partial charge in [-0.25, -0.2) is 0 Å². The number of rotatable bonds is 3. The molecule has 1 aliphatic rings. The third kappa shape index (κ3) is 3.64. The highest BCUT2D eigenvalue weighted by molar-refractivity contribution is 7.99. The fourth-order valence-electron chi connectivity index (χ4n) is 2.92. The average Bonchev–Trinajstić information content (AvgIpc) is 2.63. The van der Waals surface area contributed by atoms with Gasteiger partial charge in [0.05, 0.1) is 11.6 Å². The van der Waals surface area contributed by atoms with Crippen molar-refractivity contribution >= 4 is 23.5 Å². The Hall–Kier alpha value is -2.46. The zero-order chi connectivity index (χ0) is 18.0. The molecule has 0 saturated carbocycles. The van der Waals surface area contributed by atoms with E-state index < -0.39 is 0 Å². The van der Waals surface area contributed by atoms with Gasteiger partial charge in [-0.15, -0.1) is 0 Å². The minimum absolute atomic E-state index is 0.159. The number of hydrogen-bond acceptors (Lipinski definition) is 6. The molecule has 1 fully saturated rings. The Labute approximate surface area is 151 Å². The van der Waals surface area contributed by atoms with E-state index in [0.717, 1.165) is 30.8 Å². The highest BCUT2D eigenvalue weighted by atomic mass is 32.2. The Kier molecular flexibility index (Phi) is 5.00. The Balaban J connectivity index is 1.93. The first kappa shape index (κ1) is 17.4. The zero-order valence-corrected chi connectivity index (χ0v) is 15.2. The molecule has 2 heterocycles. The minimum Gasteiger partial charge on any atom is -0.382 e. The molecule has 0 amide bonds. The van der Waals surface area contributed by atoms with Crippen LogP contribution in [0.25, 0.3) is 0 Å². The van der Waals surface area contributed by atoms with Crippen molar-refractivity contribution in [3.8, 4) is 6.07 Å². The van der Waals surface area contributed by atoms with E-state index in [2.05, 4.69) is 22.9 Å². The van der Waals surface area contributed by atoms with Crippen LogP contribution >= 0.6 is 11.8 Å². The summed E-state index contributed by atoms with van der Waals surface area (Å²) in [5.74, 6) is 1.57. The van der Waals surface area contributed by atoms with Crippen LogP contribution in [0.2, 0.25) is 0 Å². The predicted molar refractivity (Wildman–Crippen MR) is 99.8 cm³/mol. The van der Waals surface area contributed by atoms with Gasteiger partial charge in [-0.05, 0) is 37.0 Å². The molecular weight excluding hydrogens is 334 g/mol. The summed E-state index contributed by atoms with van der Waals surface area (Å²) in [6, 6.07) is 9.21. The summed E-state index contributed by atoms with van der Waals surface area (Å²) in [6.45, 7) is 4.02. The lowest BCUT2D eigenvalue weighted by molar-refractivity contribution is 0.430. The molecule has 1 aliphatic heterocycles. The maximum Gasteiger partial charge on any atom is 0.270 e. The van der Waals surface area contributed by atoms with Crippen LogP contribution in [-0.2, 0) is 7.05 Å². The van der Waals surface area contributed by atoms with Crippen LogP contribution in [0.4, 0.5) is 11.8 Å². The van der Waals surface area contributed by atoms with E-state index in [-0.39, 0.29) is 11.4 Å². The molecule has 0 bridgehead atoms. The van der Waals surface area contributed by atoms with E-state index in [1.807, 2.05) is 6.07 Å². The number of nitrogen functional groups attached to an aromatic ring is 1. The fourth-order valence-corrected chi connectivity index (χ4v) is 3.86. The Morgan fingerprint density at radius 3 is 2.76 bits per heavy atom. The molecule has 7 heteroatoms. The van der Waals surface area contributed by atoms with E-state index in [0.29, 0.717) is 22.3 Å². The second-order valence-corrected chi connectivity index (χ2v) is 7.49. The van der Waals surface area contributed by atoms with Crippen LogP contribution in [0, 0.1) is 17.2 Å². The second kappa shape index (κ2) is 7.19. The SMILES string of the molecule is CC1CCN(c2nc(N)c(Sc3cccc(C#N)c3)c(=O)n2C)CC1. The largest absolute Gasteiger partial charge is 0.382 e. The smallest absolute Gasteiger partial charge is 0.270 e. The first-order chi connectivity index (χ1) is 12.0. The lowest BCUT2D eigenvalue weighted by Gasteiger charge is -2.32. The number of piperidine rings is 1. The molecule has 25 heavy (non-hydrogen) atoms. The standard InChI is InChI=1S/C18H21N5OS/c1-12-6-8-23(9-7-12)18-21-16(20)15(17(24)22(18)2)25-14-5-3-4-13(10-14)11-19/h3-5,10,12H,6-9,20H2,1-2H3. The summed E-state index contributed by atoms with van der Waals surface area (Å²) in [5.41, 5.74) is 6.50. The number of anilines is 2. The molecule has 2 aromatic rings. The molecule has 3 rings (SSSR count). The fraction of sp³-hybridized carbons (Fsp3) is 0.389. The van der Waals surface area contributed by atoms with Crippen LogP contribution in [0.1, 0.15) is 25.3 Å². The van der Waals surface area contributed by atoms with Crippen LogP contribution in [0.15, 0.2) is 38.9 Å². The van der Waals surface area contributed by atoms with Crippen molar-refractivity contribution < 1.29 is 0 Å². The average molecular weight is 355 g/mol. The maximum absolute atomic E-state index is 12.8. The Morgan fingerprint density at radius 2 is 2.08 bits per heavy atom. The van der Waals surface area contributed by atoms with E-state index in [4.69, 9.17) is 11.0 Å².